The highest BCUT2D eigenvalue weighted by molar-refractivity contribution is 5.79. The Hall–Kier alpha value is -2.78. The van der Waals surface area contributed by atoms with E-state index in [1.54, 1.807) is 11.6 Å². The van der Waals surface area contributed by atoms with Crippen LogP contribution in [0.5, 0.6) is 0 Å². The number of nitrogens with one attached hydrogen (secondary N) is 2. The first-order chi connectivity index (χ1) is 13.9. The van der Waals surface area contributed by atoms with Gasteiger partial charge in [-0.2, -0.15) is 18.3 Å². The number of halogens is 3. The van der Waals surface area contributed by atoms with E-state index in [1.165, 1.54) is 16.8 Å². The fourth-order valence-corrected chi connectivity index (χ4v) is 3.25. The van der Waals surface area contributed by atoms with Gasteiger partial charge in [-0.1, -0.05) is 12.1 Å². The quantitative estimate of drug-likeness (QED) is 0.435. The van der Waals surface area contributed by atoms with Gasteiger partial charge in [0.25, 0.3) is 0 Å². The van der Waals surface area contributed by atoms with Crippen molar-refractivity contribution in [1.82, 2.24) is 25.0 Å². The monoisotopic (exact) mass is 410 g/mol. The predicted molar refractivity (Wildman–Crippen MR) is 104 cm³/mol. The summed E-state index contributed by atoms with van der Waals surface area (Å²) in [5.41, 5.74) is 0.000526. The smallest absolute Gasteiger partial charge is 0.356 e. The summed E-state index contributed by atoms with van der Waals surface area (Å²) in [7, 11) is 1.62. The second kappa shape index (κ2) is 9.15. The van der Waals surface area contributed by atoms with Crippen LogP contribution in [0.25, 0.3) is 0 Å². The Morgan fingerprint density at radius 3 is 2.62 bits per heavy atom. The molecule has 29 heavy (non-hydrogen) atoms. The maximum Gasteiger partial charge on any atom is 0.416 e. The third-order valence-electron chi connectivity index (χ3n) is 4.84. The van der Waals surface area contributed by atoms with E-state index in [2.05, 4.69) is 20.7 Å². The van der Waals surface area contributed by atoms with E-state index >= 15 is 0 Å². The molecule has 1 aromatic heterocycles. The number of aliphatic imine (C=N–C) groups is 1. The number of hydrogen-bond acceptors (Lipinski definition) is 3. The van der Waals surface area contributed by atoms with Gasteiger partial charge >= 0.3 is 11.9 Å². The van der Waals surface area contributed by atoms with Crippen molar-refractivity contribution in [3.63, 3.8) is 0 Å². The standard InChI is InChI=1S/C19H25F3N6O/c1-23-17(25-13-14-6-8-15(9-7-14)19(20,21)22)24-10-4-12-28-18(29)27-11-3-2-5-16(27)26-28/h6-9H,2-5,10-13H2,1H3,(H2,23,24,25). The summed E-state index contributed by atoms with van der Waals surface area (Å²) in [5.74, 6) is 1.41. The van der Waals surface area contributed by atoms with Gasteiger partial charge in [0.05, 0.1) is 5.56 Å². The van der Waals surface area contributed by atoms with Gasteiger partial charge in [0.1, 0.15) is 5.82 Å². The van der Waals surface area contributed by atoms with Crippen LogP contribution in [0.15, 0.2) is 34.1 Å². The molecule has 2 N–H and O–H groups in total. The lowest BCUT2D eigenvalue weighted by Crippen LogP contribution is -2.38. The molecule has 0 saturated carbocycles. The zero-order valence-corrected chi connectivity index (χ0v) is 16.3. The molecule has 0 radical (unpaired) electrons. The maximum atomic E-state index is 12.6. The van der Waals surface area contributed by atoms with E-state index in [-0.39, 0.29) is 5.69 Å². The molecule has 1 aliphatic rings. The Morgan fingerprint density at radius 1 is 1.21 bits per heavy atom. The van der Waals surface area contributed by atoms with Crippen LogP contribution < -0.4 is 16.3 Å². The number of aryl methyl sites for hydroxylation is 2. The van der Waals surface area contributed by atoms with Crippen molar-refractivity contribution in [3.8, 4) is 0 Å². The first kappa shape index (κ1) is 20.9. The first-order valence-electron chi connectivity index (χ1n) is 9.65. The maximum absolute atomic E-state index is 12.6. The summed E-state index contributed by atoms with van der Waals surface area (Å²) in [6, 6.07) is 5.01. The second-order valence-electron chi connectivity index (χ2n) is 6.93. The highest BCUT2D eigenvalue weighted by atomic mass is 19.4. The van der Waals surface area contributed by atoms with Crippen molar-refractivity contribution in [2.24, 2.45) is 4.99 Å². The number of aromatic nitrogens is 3. The highest BCUT2D eigenvalue weighted by Crippen LogP contribution is 2.29. The normalized spacial score (nSPS) is 14.6. The van der Waals surface area contributed by atoms with Gasteiger partial charge in [-0.05, 0) is 37.0 Å². The molecule has 1 aliphatic heterocycles. The molecular formula is C19H25F3N6O. The van der Waals surface area contributed by atoms with E-state index in [4.69, 9.17) is 0 Å². The Labute approximate surface area is 166 Å². The summed E-state index contributed by atoms with van der Waals surface area (Å²) in [6.07, 6.45) is -0.710. The lowest BCUT2D eigenvalue weighted by Gasteiger charge is -2.12. The molecular weight excluding hydrogens is 385 g/mol. The van der Waals surface area contributed by atoms with Crippen molar-refractivity contribution in [3.05, 3.63) is 51.7 Å². The first-order valence-corrected chi connectivity index (χ1v) is 9.65. The molecule has 10 heteroatoms. The van der Waals surface area contributed by atoms with Crippen molar-refractivity contribution >= 4 is 5.96 Å². The van der Waals surface area contributed by atoms with Crippen LogP contribution in [0.1, 0.15) is 36.2 Å². The van der Waals surface area contributed by atoms with Gasteiger partial charge in [-0.25, -0.2) is 9.48 Å². The SMILES string of the molecule is CN=C(NCCCn1nc2n(c1=O)CCCC2)NCc1ccc(C(F)(F)F)cc1. The predicted octanol–water partition coefficient (Wildman–Crippen LogP) is 2.16. The van der Waals surface area contributed by atoms with Gasteiger partial charge in [0.2, 0.25) is 0 Å². The van der Waals surface area contributed by atoms with E-state index in [1.807, 2.05) is 0 Å². The van der Waals surface area contributed by atoms with E-state index in [9.17, 15) is 18.0 Å². The molecule has 0 spiro atoms. The van der Waals surface area contributed by atoms with Crippen LogP contribution in [0.4, 0.5) is 13.2 Å². The number of hydrogen-bond donors (Lipinski definition) is 2. The summed E-state index contributed by atoms with van der Waals surface area (Å²) < 4.78 is 41.1. The van der Waals surface area contributed by atoms with Crippen LogP contribution in [-0.2, 0) is 32.2 Å². The number of benzene rings is 1. The Balaban J connectivity index is 1.43. The lowest BCUT2D eigenvalue weighted by atomic mass is 10.1. The van der Waals surface area contributed by atoms with Gasteiger partial charge in [-0.15, -0.1) is 0 Å². The molecule has 158 valence electrons. The topological polar surface area (TPSA) is 76.2 Å². The van der Waals surface area contributed by atoms with E-state index in [0.29, 0.717) is 32.0 Å². The minimum absolute atomic E-state index is 0.0514. The second-order valence-corrected chi connectivity index (χ2v) is 6.93. The Bertz CT molecular complexity index is 898. The number of nitrogens with zero attached hydrogens (tertiary/aromatic N) is 4. The minimum Gasteiger partial charge on any atom is -0.356 e. The van der Waals surface area contributed by atoms with Crippen LogP contribution in [-0.4, -0.2) is 33.9 Å². The van der Waals surface area contributed by atoms with Crippen molar-refractivity contribution in [2.75, 3.05) is 13.6 Å². The Kier molecular flexibility index (Phi) is 6.60. The molecule has 0 bridgehead atoms. The average Bonchev–Trinajstić information content (AvgIpc) is 3.03. The van der Waals surface area contributed by atoms with Crippen LogP contribution >= 0.6 is 0 Å². The zero-order chi connectivity index (χ0) is 20.9. The van der Waals surface area contributed by atoms with Gasteiger partial charge in [-0.3, -0.25) is 9.56 Å². The van der Waals surface area contributed by atoms with Gasteiger partial charge in [0.15, 0.2) is 5.96 Å². The van der Waals surface area contributed by atoms with Gasteiger partial charge < -0.3 is 10.6 Å². The van der Waals surface area contributed by atoms with E-state index < -0.39 is 11.7 Å². The summed E-state index contributed by atoms with van der Waals surface area (Å²) in [5, 5.41) is 10.6. The van der Waals surface area contributed by atoms with Crippen LogP contribution in [0.3, 0.4) is 0 Å². The summed E-state index contributed by atoms with van der Waals surface area (Å²) in [4.78, 5) is 16.4. The highest BCUT2D eigenvalue weighted by Gasteiger charge is 2.29. The molecule has 0 aliphatic carbocycles. The van der Waals surface area contributed by atoms with Crippen LogP contribution in [0.2, 0.25) is 0 Å². The molecule has 0 saturated heterocycles. The average molecular weight is 410 g/mol. The molecule has 0 fully saturated rings. The van der Waals surface area contributed by atoms with Crippen LogP contribution in [0, 0.1) is 0 Å². The molecule has 2 heterocycles. The van der Waals surface area contributed by atoms with Crippen molar-refractivity contribution < 1.29 is 13.2 Å². The minimum atomic E-state index is -4.33. The molecule has 2 aromatic rings. The molecule has 1 aromatic carbocycles. The number of guanidine groups is 1. The van der Waals surface area contributed by atoms with Crippen molar-refractivity contribution in [2.45, 2.75) is 51.5 Å². The van der Waals surface area contributed by atoms with E-state index in [0.717, 1.165) is 49.3 Å². The largest absolute Gasteiger partial charge is 0.416 e. The number of fused-ring (bicyclic) bond motifs is 1. The third-order valence-corrected chi connectivity index (χ3v) is 4.84. The molecule has 0 unspecified atom stereocenters. The Morgan fingerprint density at radius 2 is 1.97 bits per heavy atom. The van der Waals surface area contributed by atoms with Crippen molar-refractivity contribution in [1.29, 1.82) is 0 Å². The molecule has 3 rings (SSSR count). The molecule has 0 atom stereocenters. The summed E-state index contributed by atoms with van der Waals surface area (Å²) >= 11 is 0. The zero-order valence-electron chi connectivity index (χ0n) is 16.3. The number of alkyl halides is 3. The fraction of sp³-hybridized carbons (Fsp3) is 0.526. The number of rotatable bonds is 6. The fourth-order valence-electron chi connectivity index (χ4n) is 3.25. The van der Waals surface area contributed by atoms with Gasteiger partial charge in [0, 0.05) is 39.6 Å². The third kappa shape index (κ3) is 5.39. The molecule has 0 amide bonds. The molecule has 7 nitrogen and oxygen atoms in total. The summed E-state index contributed by atoms with van der Waals surface area (Å²) in [6.45, 7) is 2.20. The lowest BCUT2D eigenvalue weighted by molar-refractivity contribution is -0.137.